The van der Waals surface area contributed by atoms with Crippen molar-refractivity contribution in [3.8, 4) is 5.75 Å². The number of aliphatic hydroxyl groups excluding tert-OH is 1. The Bertz CT molecular complexity index is 580. The van der Waals surface area contributed by atoms with E-state index < -0.39 is 6.10 Å². The second-order valence-electron chi connectivity index (χ2n) is 5.44. The Hall–Kier alpha value is -1.36. The maximum atomic E-state index is 9.98. The molecule has 0 bridgehead atoms. The first-order chi connectivity index (χ1) is 10.1. The van der Waals surface area contributed by atoms with Crippen LogP contribution >= 0.6 is 11.3 Å². The second kappa shape index (κ2) is 7.59. The predicted molar refractivity (Wildman–Crippen MR) is 88.2 cm³/mol. The van der Waals surface area contributed by atoms with Gasteiger partial charge in [0.05, 0.1) is 0 Å². The molecule has 0 aliphatic rings. The van der Waals surface area contributed by atoms with E-state index in [0.717, 1.165) is 23.4 Å². The van der Waals surface area contributed by atoms with Crippen molar-refractivity contribution in [3.63, 3.8) is 0 Å². The Balaban J connectivity index is 1.73. The van der Waals surface area contributed by atoms with Gasteiger partial charge in [-0.05, 0) is 59.9 Å². The van der Waals surface area contributed by atoms with Crippen molar-refractivity contribution in [2.24, 2.45) is 0 Å². The molecule has 4 heteroatoms. The zero-order chi connectivity index (χ0) is 15.2. The van der Waals surface area contributed by atoms with Gasteiger partial charge in [0.25, 0.3) is 0 Å². The molecule has 0 radical (unpaired) electrons. The second-order valence-corrected chi connectivity index (χ2v) is 6.19. The minimum absolute atomic E-state index is 0.305. The molecule has 0 saturated carbocycles. The summed E-state index contributed by atoms with van der Waals surface area (Å²) >= 11 is 1.71. The zero-order valence-electron chi connectivity index (χ0n) is 12.8. The minimum atomic E-state index is -0.510. The van der Waals surface area contributed by atoms with Crippen LogP contribution in [0.15, 0.2) is 29.0 Å². The Kier molecular flexibility index (Phi) is 5.79. The summed E-state index contributed by atoms with van der Waals surface area (Å²) < 4.78 is 5.70. The monoisotopic (exact) mass is 305 g/mol. The number of nitrogens with one attached hydrogen (secondary N) is 1. The Morgan fingerprint density at radius 3 is 2.71 bits per heavy atom. The van der Waals surface area contributed by atoms with Crippen LogP contribution in [0.1, 0.15) is 22.3 Å². The van der Waals surface area contributed by atoms with Gasteiger partial charge >= 0.3 is 0 Å². The molecule has 0 spiro atoms. The first kappa shape index (κ1) is 16.0. The summed E-state index contributed by atoms with van der Waals surface area (Å²) in [6.45, 7) is 7.77. The van der Waals surface area contributed by atoms with E-state index in [0.29, 0.717) is 13.2 Å². The standard InChI is InChI=1S/C17H23NO2S/c1-12-4-5-13(2)17(6-12)20-9-16(19)8-18-7-15-11-21-10-14(15)3/h4-6,10-11,16,18-19H,7-9H2,1-3H3. The molecule has 2 rings (SSSR count). The molecule has 0 fully saturated rings. The largest absolute Gasteiger partial charge is 0.491 e. The highest BCUT2D eigenvalue weighted by Gasteiger charge is 2.07. The summed E-state index contributed by atoms with van der Waals surface area (Å²) in [7, 11) is 0. The summed E-state index contributed by atoms with van der Waals surface area (Å²) in [6.07, 6.45) is -0.510. The lowest BCUT2D eigenvalue weighted by atomic mass is 10.1. The Labute approximate surface area is 130 Å². The van der Waals surface area contributed by atoms with E-state index in [2.05, 4.69) is 29.1 Å². The van der Waals surface area contributed by atoms with Crippen LogP contribution in [0.2, 0.25) is 0 Å². The van der Waals surface area contributed by atoms with Crippen LogP contribution in [-0.2, 0) is 6.54 Å². The van der Waals surface area contributed by atoms with E-state index >= 15 is 0 Å². The summed E-state index contributed by atoms with van der Waals surface area (Å²) in [5.41, 5.74) is 4.85. The average molecular weight is 305 g/mol. The molecule has 1 unspecified atom stereocenters. The molecule has 3 nitrogen and oxygen atoms in total. The molecule has 2 aromatic rings. The fraction of sp³-hybridized carbons (Fsp3) is 0.412. The van der Waals surface area contributed by atoms with E-state index in [9.17, 15) is 5.11 Å². The highest BCUT2D eigenvalue weighted by molar-refractivity contribution is 7.08. The first-order valence-electron chi connectivity index (χ1n) is 7.16. The van der Waals surface area contributed by atoms with Gasteiger partial charge in [-0.1, -0.05) is 12.1 Å². The molecule has 0 aliphatic heterocycles. The molecule has 1 aromatic heterocycles. The zero-order valence-corrected chi connectivity index (χ0v) is 13.7. The lowest BCUT2D eigenvalue weighted by Crippen LogP contribution is -2.31. The van der Waals surface area contributed by atoms with Crippen molar-refractivity contribution in [2.75, 3.05) is 13.2 Å². The third-order valence-electron chi connectivity index (χ3n) is 3.43. The molecule has 21 heavy (non-hydrogen) atoms. The molecule has 114 valence electrons. The highest BCUT2D eigenvalue weighted by Crippen LogP contribution is 2.19. The van der Waals surface area contributed by atoms with Gasteiger partial charge in [0.2, 0.25) is 0 Å². The van der Waals surface area contributed by atoms with Crippen molar-refractivity contribution in [1.82, 2.24) is 5.32 Å². The van der Waals surface area contributed by atoms with Crippen LogP contribution in [0, 0.1) is 20.8 Å². The van der Waals surface area contributed by atoms with E-state index in [1.807, 2.05) is 26.0 Å². The molecular formula is C17H23NO2S. The van der Waals surface area contributed by atoms with Crippen LogP contribution < -0.4 is 10.1 Å². The maximum Gasteiger partial charge on any atom is 0.122 e. The fourth-order valence-corrected chi connectivity index (χ4v) is 2.91. The smallest absolute Gasteiger partial charge is 0.122 e. The van der Waals surface area contributed by atoms with Crippen molar-refractivity contribution in [1.29, 1.82) is 0 Å². The third-order valence-corrected chi connectivity index (χ3v) is 4.34. The first-order valence-corrected chi connectivity index (χ1v) is 8.11. The quantitative estimate of drug-likeness (QED) is 0.825. The van der Waals surface area contributed by atoms with Gasteiger partial charge in [0.1, 0.15) is 18.5 Å². The molecule has 0 saturated heterocycles. The van der Waals surface area contributed by atoms with Gasteiger partial charge < -0.3 is 15.2 Å². The Morgan fingerprint density at radius 2 is 2.00 bits per heavy atom. The molecule has 1 atom stereocenters. The van der Waals surface area contributed by atoms with Crippen LogP contribution in [-0.4, -0.2) is 24.4 Å². The molecule has 0 amide bonds. The van der Waals surface area contributed by atoms with Crippen LogP contribution in [0.5, 0.6) is 5.75 Å². The van der Waals surface area contributed by atoms with Crippen LogP contribution in [0.25, 0.3) is 0 Å². The topological polar surface area (TPSA) is 41.5 Å². The number of aryl methyl sites for hydroxylation is 3. The molecule has 1 heterocycles. The maximum absolute atomic E-state index is 9.98. The normalized spacial score (nSPS) is 12.4. The summed E-state index contributed by atoms with van der Waals surface area (Å²) in [5.74, 6) is 0.850. The van der Waals surface area contributed by atoms with E-state index in [1.54, 1.807) is 11.3 Å². The number of benzene rings is 1. The molecular weight excluding hydrogens is 282 g/mol. The van der Waals surface area contributed by atoms with Crippen molar-refractivity contribution in [3.05, 3.63) is 51.2 Å². The van der Waals surface area contributed by atoms with Gasteiger partial charge in [-0.3, -0.25) is 0 Å². The molecule has 1 aromatic carbocycles. The van der Waals surface area contributed by atoms with Gasteiger partial charge in [0.15, 0.2) is 0 Å². The number of thiophene rings is 1. The lowest BCUT2D eigenvalue weighted by Gasteiger charge is -2.15. The summed E-state index contributed by atoms with van der Waals surface area (Å²) in [6, 6.07) is 6.10. The predicted octanol–water partition coefficient (Wildman–Crippen LogP) is 3.20. The average Bonchev–Trinajstić information content (AvgIpc) is 2.85. The SMILES string of the molecule is Cc1ccc(C)c(OCC(O)CNCc2cscc2C)c1. The number of rotatable bonds is 7. The van der Waals surface area contributed by atoms with Crippen molar-refractivity contribution < 1.29 is 9.84 Å². The van der Waals surface area contributed by atoms with Crippen LogP contribution in [0.4, 0.5) is 0 Å². The van der Waals surface area contributed by atoms with E-state index in [1.165, 1.54) is 11.1 Å². The lowest BCUT2D eigenvalue weighted by molar-refractivity contribution is 0.106. The number of hydrogen-bond acceptors (Lipinski definition) is 4. The Morgan fingerprint density at radius 1 is 1.19 bits per heavy atom. The van der Waals surface area contributed by atoms with Crippen molar-refractivity contribution >= 4 is 11.3 Å². The third kappa shape index (κ3) is 4.84. The summed E-state index contributed by atoms with van der Waals surface area (Å²) in [5, 5.41) is 17.5. The fourth-order valence-electron chi connectivity index (χ4n) is 2.05. The van der Waals surface area contributed by atoms with Crippen LogP contribution in [0.3, 0.4) is 0 Å². The van der Waals surface area contributed by atoms with E-state index in [4.69, 9.17) is 4.74 Å². The number of hydrogen-bond donors (Lipinski definition) is 2. The van der Waals surface area contributed by atoms with Gasteiger partial charge in [-0.2, -0.15) is 11.3 Å². The number of aliphatic hydroxyl groups is 1. The van der Waals surface area contributed by atoms with Crippen molar-refractivity contribution in [2.45, 2.75) is 33.4 Å². The number of ether oxygens (including phenoxy) is 1. The summed E-state index contributed by atoms with van der Waals surface area (Å²) in [4.78, 5) is 0. The highest BCUT2D eigenvalue weighted by atomic mass is 32.1. The van der Waals surface area contributed by atoms with Gasteiger partial charge in [0, 0.05) is 13.1 Å². The van der Waals surface area contributed by atoms with Gasteiger partial charge in [-0.25, -0.2) is 0 Å². The minimum Gasteiger partial charge on any atom is -0.491 e. The molecule has 0 aliphatic carbocycles. The van der Waals surface area contributed by atoms with Gasteiger partial charge in [-0.15, -0.1) is 0 Å². The van der Waals surface area contributed by atoms with E-state index in [-0.39, 0.29) is 0 Å². The molecule has 2 N–H and O–H groups in total.